The van der Waals surface area contributed by atoms with E-state index in [-0.39, 0.29) is 18.1 Å². The van der Waals surface area contributed by atoms with E-state index >= 15 is 0 Å². The van der Waals surface area contributed by atoms with Gasteiger partial charge in [0.25, 0.3) is 0 Å². The summed E-state index contributed by atoms with van der Waals surface area (Å²) >= 11 is 1.67. The lowest BCUT2D eigenvalue weighted by atomic mass is 10.1. The van der Waals surface area contributed by atoms with Gasteiger partial charge in [-0.3, -0.25) is 9.69 Å². The molecule has 1 fully saturated rings. The number of amides is 1. The monoisotopic (exact) mass is 395 g/mol. The second kappa shape index (κ2) is 8.63. The predicted octanol–water partition coefficient (Wildman–Crippen LogP) is 3.84. The number of benzene rings is 2. The van der Waals surface area contributed by atoms with Crippen LogP contribution in [-0.4, -0.2) is 46.9 Å². The maximum atomic E-state index is 13.3. The van der Waals surface area contributed by atoms with Gasteiger partial charge in [0.1, 0.15) is 10.8 Å². The Hall–Kier alpha value is -2.57. The molecule has 1 aromatic heterocycles. The molecule has 2 heterocycles. The lowest BCUT2D eigenvalue weighted by Gasteiger charge is -2.34. The van der Waals surface area contributed by atoms with Crippen molar-refractivity contribution in [3.05, 3.63) is 77.1 Å². The third-order valence-corrected chi connectivity index (χ3v) is 5.87. The Morgan fingerprint density at radius 3 is 2.57 bits per heavy atom. The maximum absolute atomic E-state index is 13.3. The molecule has 28 heavy (non-hydrogen) atoms. The number of piperazine rings is 1. The predicted molar refractivity (Wildman–Crippen MR) is 110 cm³/mol. The summed E-state index contributed by atoms with van der Waals surface area (Å²) in [6, 6.07) is 16.5. The number of aromatic nitrogens is 1. The Balaban J connectivity index is 1.28. The number of carbonyl (C=O) groups excluding carboxylic acids is 1. The highest BCUT2D eigenvalue weighted by Crippen LogP contribution is 2.24. The second-order valence-electron chi connectivity index (χ2n) is 6.97. The SMILES string of the molecule is O=C(Cc1cccc(F)c1)N1CCN(Cc2csc(-c3ccccc3)n2)CC1. The van der Waals surface area contributed by atoms with Crippen molar-refractivity contribution in [2.24, 2.45) is 0 Å². The van der Waals surface area contributed by atoms with Crippen molar-refractivity contribution >= 4 is 17.2 Å². The molecule has 0 unspecified atom stereocenters. The Morgan fingerprint density at radius 2 is 1.82 bits per heavy atom. The molecule has 144 valence electrons. The molecule has 0 atom stereocenters. The van der Waals surface area contributed by atoms with Crippen LogP contribution in [-0.2, 0) is 17.8 Å². The van der Waals surface area contributed by atoms with Crippen molar-refractivity contribution < 1.29 is 9.18 Å². The van der Waals surface area contributed by atoms with Crippen molar-refractivity contribution in [3.63, 3.8) is 0 Å². The van der Waals surface area contributed by atoms with Gasteiger partial charge in [-0.15, -0.1) is 11.3 Å². The first-order chi connectivity index (χ1) is 13.7. The number of hydrogen-bond donors (Lipinski definition) is 0. The van der Waals surface area contributed by atoms with Gasteiger partial charge in [-0.2, -0.15) is 0 Å². The average molecular weight is 396 g/mol. The highest BCUT2D eigenvalue weighted by atomic mass is 32.1. The van der Waals surface area contributed by atoms with Crippen LogP contribution in [0, 0.1) is 5.82 Å². The van der Waals surface area contributed by atoms with Crippen LogP contribution in [0.3, 0.4) is 0 Å². The van der Waals surface area contributed by atoms with Gasteiger partial charge in [0, 0.05) is 43.7 Å². The van der Waals surface area contributed by atoms with E-state index in [9.17, 15) is 9.18 Å². The van der Waals surface area contributed by atoms with Crippen LogP contribution in [0.2, 0.25) is 0 Å². The number of carbonyl (C=O) groups is 1. The Kier molecular flexibility index (Phi) is 5.78. The van der Waals surface area contributed by atoms with Crippen LogP contribution in [0.1, 0.15) is 11.3 Å². The van der Waals surface area contributed by atoms with Crippen LogP contribution >= 0.6 is 11.3 Å². The second-order valence-corrected chi connectivity index (χ2v) is 7.83. The third-order valence-electron chi connectivity index (χ3n) is 4.93. The highest BCUT2D eigenvalue weighted by molar-refractivity contribution is 7.13. The molecule has 0 bridgehead atoms. The first-order valence-electron chi connectivity index (χ1n) is 9.42. The van der Waals surface area contributed by atoms with Crippen LogP contribution in [0.4, 0.5) is 4.39 Å². The lowest BCUT2D eigenvalue weighted by molar-refractivity contribution is -0.132. The van der Waals surface area contributed by atoms with Gasteiger partial charge in [0.2, 0.25) is 5.91 Å². The molecule has 0 aliphatic carbocycles. The Morgan fingerprint density at radius 1 is 1.04 bits per heavy atom. The molecule has 0 N–H and O–H groups in total. The van der Waals surface area contributed by atoms with E-state index in [1.165, 1.54) is 12.1 Å². The molecule has 0 saturated carbocycles. The number of thiazole rings is 1. The standard InChI is InChI=1S/C22H22FN3OS/c23-19-8-4-5-17(13-19)14-21(27)26-11-9-25(10-12-26)15-20-16-28-22(24-20)18-6-2-1-3-7-18/h1-8,13,16H,9-12,14-15H2. The summed E-state index contributed by atoms with van der Waals surface area (Å²) in [4.78, 5) is 21.4. The number of nitrogens with zero attached hydrogens (tertiary/aromatic N) is 3. The van der Waals surface area contributed by atoms with Crippen LogP contribution in [0.25, 0.3) is 10.6 Å². The van der Waals surface area contributed by atoms with Gasteiger partial charge in [0.15, 0.2) is 0 Å². The first-order valence-corrected chi connectivity index (χ1v) is 10.3. The minimum atomic E-state index is -0.298. The van der Waals surface area contributed by atoms with Gasteiger partial charge >= 0.3 is 0 Å². The van der Waals surface area contributed by atoms with E-state index in [1.807, 2.05) is 23.1 Å². The molecule has 1 saturated heterocycles. The largest absolute Gasteiger partial charge is 0.340 e. The van der Waals surface area contributed by atoms with E-state index in [1.54, 1.807) is 23.5 Å². The van der Waals surface area contributed by atoms with E-state index in [0.717, 1.165) is 41.5 Å². The fourth-order valence-corrected chi connectivity index (χ4v) is 4.23. The zero-order valence-electron chi connectivity index (χ0n) is 15.6. The van der Waals surface area contributed by atoms with E-state index in [0.29, 0.717) is 13.1 Å². The highest BCUT2D eigenvalue weighted by Gasteiger charge is 2.22. The molecule has 6 heteroatoms. The van der Waals surface area contributed by atoms with Crippen molar-refractivity contribution in [1.29, 1.82) is 0 Å². The zero-order chi connectivity index (χ0) is 19.3. The molecular formula is C22H22FN3OS. The van der Waals surface area contributed by atoms with Gasteiger partial charge in [-0.05, 0) is 17.7 Å². The molecule has 1 aliphatic rings. The van der Waals surface area contributed by atoms with Crippen LogP contribution in [0.15, 0.2) is 60.0 Å². The molecular weight excluding hydrogens is 373 g/mol. The minimum Gasteiger partial charge on any atom is -0.340 e. The van der Waals surface area contributed by atoms with Gasteiger partial charge < -0.3 is 4.90 Å². The fourth-order valence-electron chi connectivity index (χ4n) is 3.41. The Bertz CT molecular complexity index is 936. The van der Waals surface area contributed by atoms with Crippen molar-refractivity contribution in [1.82, 2.24) is 14.8 Å². The average Bonchev–Trinajstić information content (AvgIpc) is 3.18. The summed E-state index contributed by atoms with van der Waals surface area (Å²) in [6.07, 6.45) is 0.254. The molecule has 4 rings (SSSR count). The van der Waals surface area contributed by atoms with Gasteiger partial charge in [-0.1, -0.05) is 42.5 Å². The van der Waals surface area contributed by atoms with E-state index in [2.05, 4.69) is 22.4 Å². The summed E-state index contributed by atoms with van der Waals surface area (Å²) in [5, 5.41) is 3.16. The molecule has 2 aromatic carbocycles. The maximum Gasteiger partial charge on any atom is 0.227 e. The van der Waals surface area contributed by atoms with E-state index in [4.69, 9.17) is 4.98 Å². The number of halogens is 1. The molecule has 0 spiro atoms. The topological polar surface area (TPSA) is 36.4 Å². The lowest BCUT2D eigenvalue weighted by Crippen LogP contribution is -2.48. The summed E-state index contributed by atoms with van der Waals surface area (Å²) in [6.45, 7) is 3.85. The number of rotatable bonds is 5. The molecule has 1 aliphatic heterocycles. The fraction of sp³-hybridized carbons (Fsp3) is 0.273. The molecule has 1 amide bonds. The van der Waals surface area contributed by atoms with Crippen molar-refractivity contribution in [2.75, 3.05) is 26.2 Å². The minimum absolute atomic E-state index is 0.0604. The number of hydrogen-bond acceptors (Lipinski definition) is 4. The molecule has 4 nitrogen and oxygen atoms in total. The third kappa shape index (κ3) is 4.64. The van der Waals surface area contributed by atoms with Gasteiger partial charge in [-0.25, -0.2) is 9.37 Å². The quantitative estimate of drug-likeness (QED) is 0.659. The zero-order valence-corrected chi connectivity index (χ0v) is 16.4. The van der Waals surface area contributed by atoms with Crippen LogP contribution < -0.4 is 0 Å². The molecule has 0 radical (unpaired) electrons. The normalized spacial score (nSPS) is 15.0. The van der Waals surface area contributed by atoms with E-state index < -0.39 is 0 Å². The summed E-state index contributed by atoms with van der Waals surface area (Å²) in [5.41, 5.74) is 2.94. The first kappa shape index (κ1) is 18.8. The summed E-state index contributed by atoms with van der Waals surface area (Å²) in [5.74, 6) is -0.237. The summed E-state index contributed by atoms with van der Waals surface area (Å²) in [7, 11) is 0. The Labute approximate surface area is 168 Å². The van der Waals surface area contributed by atoms with Gasteiger partial charge in [0.05, 0.1) is 12.1 Å². The summed E-state index contributed by atoms with van der Waals surface area (Å²) < 4.78 is 13.3. The van der Waals surface area contributed by atoms with Crippen molar-refractivity contribution in [2.45, 2.75) is 13.0 Å². The molecule has 3 aromatic rings. The smallest absolute Gasteiger partial charge is 0.227 e. The van der Waals surface area contributed by atoms with Crippen molar-refractivity contribution in [3.8, 4) is 10.6 Å². The van der Waals surface area contributed by atoms with Crippen LogP contribution in [0.5, 0.6) is 0 Å².